The van der Waals surface area contributed by atoms with Gasteiger partial charge in [-0.05, 0) is 24.1 Å². The topological polar surface area (TPSA) is 33.5 Å². The molecular formula is C11H12N2O. The fourth-order valence-corrected chi connectivity index (χ4v) is 1.10. The highest BCUT2D eigenvalue weighted by molar-refractivity contribution is 5.93. The van der Waals surface area contributed by atoms with E-state index in [4.69, 9.17) is 6.57 Å². The van der Waals surface area contributed by atoms with Crippen LogP contribution in [0.4, 0.5) is 5.69 Å². The molecule has 14 heavy (non-hydrogen) atoms. The minimum absolute atomic E-state index is 0.116. The quantitative estimate of drug-likeness (QED) is 0.724. The summed E-state index contributed by atoms with van der Waals surface area (Å²) in [6, 6.07) is 7.63. The molecule has 1 N–H and O–H groups in total. The average Bonchev–Trinajstić information content (AvgIpc) is 2.19. The van der Waals surface area contributed by atoms with Crippen molar-refractivity contribution in [2.75, 3.05) is 11.9 Å². The highest BCUT2D eigenvalue weighted by atomic mass is 16.1. The van der Waals surface area contributed by atoms with Crippen molar-refractivity contribution in [2.24, 2.45) is 0 Å². The molecule has 0 aliphatic rings. The second-order valence-corrected chi connectivity index (χ2v) is 2.91. The summed E-state index contributed by atoms with van der Waals surface area (Å²) in [7, 11) is 0. The summed E-state index contributed by atoms with van der Waals surface area (Å²) >= 11 is 0. The van der Waals surface area contributed by atoms with Crippen molar-refractivity contribution in [3.63, 3.8) is 0 Å². The molecule has 0 fully saturated rings. The Labute approximate surface area is 83.6 Å². The highest BCUT2D eigenvalue weighted by Gasteiger charge is 2.03. The number of rotatable bonds is 3. The largest absolute Gasteiger partial charge is 0.320 e. The lowest BCUT2D eigenvalue weighted by atomic mass is 10.1. The Hall–Kier alpha value is -1.82. The van der Waals surface area contributed by atoms with Crippen molar-refractivity contribution in [3.05, 3.63) is 41.2 Å². The molecule has 1 aromatic rings. The number of hydrogen-bond acceptors (Lipinski definition) is 1. The number of benzene rings is 1. The van der Waals surface area contributed by atoms with Crippen molar-refractivity contribution >= 4 is 11.6 Å². The van der Waals surface area contributed by atoms with Crippen LogP contribution in [0.5, 0.6) is 0 Å². The van der Waals surface area contributed by atoms with Crippen LogP contribution in [0.2, 0.25) is 0 Å². The first-order chi connectivity index (χ1) is 6.76. The number of carbonyl (C=O) groups is 1. The molecule has 3 heteroatoms. The molecule has 1 amide bonds. The smallest absolute Gasteiger partial charge is 0.304 e. The van der Waals surface area contributed by atoms with E-state index in [1.165, 1.54) is 5.56 Å². The summed E-state index contributed by atoms with van der Waals surface area (Å²) in [4.78, 5) is 14.0. The first-order valence-corrected chi connectivity index (χ1v) is 4.48. The van der Waals surface area contributed by atoms with Gasteiger partial charge in [0.15, 0.2) is 0 Å². The van der Waals surface area contributed by atoms with E-state index in [0.29, 0.717) is 0 Å². The van der Waals surface area contributed by atoms with Gasteiger partial charge in [0.05, 0.1) is 0 Å². The normalized spacial score (nSPS) is 9.14. The number of nitrogens with zero attached hydrogens (tertiary/aromatic N) is 1. The Balaban J connectivity index is 2.60. The Kier molecular flexibility index (Phi) is 3.69. The zero-order chi connectivity index (χ0) is 10.4. The molecule has 0 radical (unpaired) electrons. The maximum Gasteiger partial charge on any atom is 0.304 e. The van der Waals surface area contributed by atoms with Crippen LogP contribution >= 0.6 is 0 Å². The summed E-state index contributed by atoms with van der Waals surface area (Å²) in [5.74, 6) is -0.260. The van der Waals surface area contributed by atoms with E-state index in [1.54, 1.807) is 0 Å². The molecule has 1 rings (SSSR count). The number of anilines is 1. The fourth-order valence-electron chi connectivity index (χ4n) is 1.10. The summed E-state index contributed by atoms with van der Waals surface area (Å²) in [6.45, 7) is 8.49. The zero-order valence-corrected chi connectivity index (χ0v) is 8.08. The van der Waals surface area contributed by atoms with Crippen LogP contribution in [0.25, 0.3) is 4.85 Å². The molecule has 0 atom stereocenters. The molecule has 0 unspecified atom stereocenters. The molecule has 0 heterocycles. The van der Waals surface area contributed by atoms with E-state index in [0.717, 1.165) is 12.1 Å². The molecule has 72 valence electrons. The molecule has 3 nitrogen and oxygen atoms in total. The summed E-state index contributed by atoms with van der Waals surface area (Å²) in [5.41, 5.74) is 1.98. The van der Waals surface area contributed by atoms with Crippen LogP contribution in [0, 0.1) is 6.57 Å². The van der Waals surface area contributed by atoms with Crippen LogP contribution in [0.15, 0.2) is 24.3 Å². The standard InChI is InChI=1S/C11H12N2O/c1-3-9-4-6-10(7-5-9)13-11(14)8-12-2/h4-7H,3,8H2,1H3,(H,13,14). The third-order valence-electron chi connectivity index (χ3n) is 1.87. The summed E-state index contributed by atoms with van der Waals surface area (Å²) < 4.78 is 0. The predicted octanol–water partition coefficient (Wildman–Crippen LogP) is 2.11. The number of carbonyl (C=O) groups excluding carboxylic acids is 1. The number of nitrogens with one attached hydrogen (secondary N) is 1. The summed E-state index contributed by atoms with van der Waals surface area (Å²) in [5, 5.41) is 2.64. The Morgan fingerprint density at radius 3 is 2.57 bits per heavy atom. The maximum atomic E-state index is 11.0. The molecule has 0 saturated heterocycles. The average molecular weight is 188 g/mol. The predicted molar refractivity (Wildman–Crippen MR) is 55.9 cm³/mol. The van der Waals surface area contributed by atoms with Crippen molar-refractivity contribution in [2.45, 2.75) is 13.3 Å². The van der Waals surface area contributed by atoms with Gasteiger partial charge < -0.3 is 10.2 Å². The van der Waals surface area contributed by atoms with Crippen molar-refractivity contribution in [1.29, 1.82) is 0 Å². The van der Waals surface area contributed by atoms with E-state index < -0.39 is 0 Å². The van der Waals surface area contributed by atoms with E-state index >= 15 is 0 Å². The Morgan fingerprint density at radius 1 is 1.43 bits per heavy atom. The number of hydrogen-bond donors (Lipinski definition) is 1. The first kappa shape index (κ1) is 10.3. The molecule has 0 aliphatic heterocycles. The molecule has 0 spiro atoms. The lowest BCUT2D eigenvalue weighted by Crippen LogP contribution is -2.13. The molecule has 0 bridgehead atoms. The van der Waals surface area contributed by atoms with Crippen molar-refractivity contribution < 1.29 is 4.79 Å². The van der Waals surface area contributed by atoms with Crippen LogP contribution < -0.4 is 5.32 Å². The third kappa shape index (κ3) is 2.91. The van der Waals surface area contributed by atoms with Crippen molar-refractivity contribution in [3.8, 4) is 0 Å². The minimum Gasteiger partial charge on any atom is -0.320 e. The van der Waals surface area contributed by atoms with Crippen molar-refractivity contribution in [1.82, 2.24) is 0 Å². The van der Waals surface area contributed by atoms with Gasteiger partial charge >= 0.3 is 5.91 Å². The second kappa shape index (κ2) is 5.03. The lowest BCUT2D eigenvalue weighted by Gasteiger charge is -2.02. The third-order valence-corrected chi connectivity index (χ3v) is 1.87. The first-order valence-electron chi connectivity index (χ1n) is 4.48. The van der Waals surface area contributed by atoms with E-state index in [2.05, 4.69) is 17.1 Å². The minimum atomic E-state index is -0.260. The maximum absolute atomic E-state index is 11.0. The molecule has 0 saturated carbocycles. The summed E-state index contributed by atoms with van der Waals surface area (Å²) in [6.07, 6.45) is 0.982. The fraction of sp³-hybridized carbons (Fsp3) is 0.273. The highest BCUT2D eigenvalue weighted by Crippen LogP contribution is 2.09. The molecule has 0 aliphatic carbocycles. The monoisotopic (exact) mass is 188 g/mol. The van der Waals surface area contributed by atoms with Gasteiger partial charge in [0.1, 0.15) is 0 Å². The molecule has 1 aromatic carbocycles. The van der Waals surface area contributed by atoms with Gasteiger partial charge in [-0.2, -0.15) is 0 Å². The SMILES string of the molecule is [C-]#[N+]CC(=O)Nc1ccc(CC)cc1. The number of aryl methyl sites for hydroxylation is 1. The van der Waals surface area contributed by atoms with Gasteiger partial charge in [0.25, 0.3) is 6.54 Å². The van der Waals surface area contributed by atoms with E-state index in [9.17, 15) is 4.79 Å². The van der Waals surface area contributed by atoms with Gasteiger partial charge in [0, 0.05) is 5.69 Å². The van der Waals surface area contributed by atoms with E-state index in [-0.39, 0.29) is 12.5 Å². The van der Waals surface area contributed by atoms with Gasteiger partial charge in [-0.15, -0.1) is 0 Å². The van der Waals surface area contributed by atoms with Gasteiger partial charge in [-0.3, -0.25) is 4.79 Å². The van der Waals surface area contributed by atoms with Crippen LogP contribution in [-0.4, -0.2) is 12.5 Å². The Morgan fingerprint density at radius 2 is 2.07 bits per heavy atom. The Bertz CT molecular complexity index is 349. The number of amides is 1. The van der Waals surface area contributed by atoms with Gasteiger partial charge in [-0.25, -0.2) is 6.57 Å². The van der Waals surface area contributed by atoms with Crippen LogP contribution in [0.3, 0.4) is 0 Å². The van der Waals surface area contributed by atoms with Gasteiger partial charge in [-0.1, -0.05) is 19.1 Å². The molecule has 0 aromatic heterocycles. The zero-order valence-electron chi connectivity index (χ0n) is 8.08. The van der Waals surface area contributed by atoms with Crippen LogP contribution in [0.1, 0.15) is 12.5 Å². The lowest BCUT2D eigenvalue weighted by molar-refractivity contribution is -0.114. The second-order valence-electron chi connectivity index (χ2n) is 2.91. The van der Waals surface area contributed by atoms with Gasteiger partial charge in [0.2, 0.25) is 0 Å². The molecular weight excluding hydrogens is 176 g/mol. The van der Waals surface area contributed by atoms with E-state index in [1.807, 2.05) is 24.3 Å². The van der Waals surface area contributed by atoms with Crippen LogP contribution in [-0.2, 0) is 11.2 Å².